The van der Waals surface area contributed by atoms with Gasteiger partial charge in [-0.05, 0) is 26.7 Å². The first-order valence-corrected chi connectivity index (χ1v) is 7.27. The maximum Gasteiger partial charge on any atom is 0.315 e. The molecule has 0 radical (unpaired) electrons. The summed E-state index contributed by atoms with van der Waals surface area (Å²) in [4.78, 5) is 22.2. The van der Waals surface area contributed by atoms with Gasteiger partial charge in [0.05, 0.1) is 11.6 Å². The van der Waals surface area contributed by atoms with Gasteiger partial charge in [0.2, 0.25) is 0 Å². The van der Waals surface area contributed by atoms with Gasteiger partial charge in [0.25, 0.3) is 0 Å². The van der Waals surface area contributed by atoms with Gasteiger partial charge in [-0.2, -0.15) is 11.8 Å². The second kappa shape index (κ2) is 4.88. The van der Waals surface area contributed by atoms with E-state index in [0.717, 1.165) is 25.0 Å². The Balaban J connectivity index is 1.82. The molecule has 0 bridgehead atoms. The number of urea groups is 1. The number of amides is 2. The van der Waals surface area contributed by atoms with E-state index < -0.39 is 0 Å². The van der Waals surface area contributed by atoms with E-state index in [2.05, 4.69) is 17.6 Å². The molecule has 5 heteroatoms. The van der Waals surface area contributed by atoms with Crippen LogP contribution in [0.1, 0.15) is 39.5 Å². The van der Waals surface area contributed by atoms with Crippen molar-refractivity contribution in [3.8, 4) is 0 Å². The number of hydrogen-bond donors (Lipinski definition) is 2. The second-order valence-corrected chi connectivity index (χ2v) is 6.44. The minimum Gasteiger partial charge on any atom is -0.332 e. The molecule has 0 aromatic carbocycles. The Morgan fingerprint density at radius 2 is 2.29 bits per heavy atom. The highest BCUT2D eigenvalue weighted by Crippen LogP contribution is 2.40. The fourth-order valence-electron chi connectivity index (χ4n) is 2.67. The van der Waals surface area contributed by atoms with Gasteiger partial charge in [-0.3, -0.25) is 0 Å². The summed E-state index contributed by atoms with van der Waals surface area (Å²) in [6.07, 6.45) is 3.79. The van der Waals surface area contributed by atoms with Crippen LogP contribution in [0, 0.1) is 0 Å². The van der Waals surface area contributed by atoms with Crippen LogP contribution in [0.5, 0.6) is 0 Å². The number of rotatable bonds is 5. The molecule has 2 aliphatic heterocycles. The minimum absolute atomic E-state index is 0.0356. The summed E-state index contributed by atoms with van der Waals surface area (Å²) in [5.41, 5.74) is -0.0992. The van der Waals surface area contributed by atoms with E-state index >= 15 is 0 Å². The maximum absolute atomic E-state index is 11.4. The van der Waals surface area contributed by atoms with Crippen LogP contribution in [-0.4, -0.2) is 34.4 Å². The van der Waals surface area contributed by atoms with Crippen molar-refractivity contribution in [1.82, 2.24) is 10.6 Å². The molecule has 2 fully saturated rings. The van der Waals surface area contributed by atoms with Gasteiger partial charge in [-0.1, -0.05) is 6.42 Å². The lowest BCUT2D eigenvalue weighted by molar-refractivity contribution is -0.117. The van der Waals surface area contributed by atoms with Crippen LogP contribution < -0.4 is 10.6 Å². The van der Waals surface area contributed by atoms with Gasteiger partial charge in [0, 0.05) is 17.4 Å². The Bertz CT molecular complexity index is 334. The van der Waals surface area contributed by atoms with E-state index in [4.69, 9.17) is 0 Å². The molecule has 0 aromatic heterocycles. The lowest BCUT2D eigenvalue weighted by Gasteiger charge is -2.29. The van der Waals surface area contributed by atoms with Crippen LogP contribution in [0.4, 0.5) is 4.79 Å². The molecule has 2 N–H and O–H groups in total. The number of nitrogens with one attached hydrogen (secondary N) is 2. The van der Waals surface area contributed by atoms with E-state index in [1.165, 1.54) is 0 Å². The summed E-state index contributed by atoms with van der Waals surface area (Å²) in [5.74, 6) is 1.26. The number of hydrogen-bond acceptors (Lipinski definition) is 3. The van der Waals surface area contributed by atoms with Crippen molar-refractivity contribution in [3.63, 3.8) is 0 Å². The summed E-state index contributed by atoms with van der Waals surface area (Å²) in [6, 6.07) is 0.226. The first-order valence-electron chi connectivity index (χ1n) is 6.22. The third kappa shape index (κ3) is 2.59. The zero-order chi connectivity index (χ0) is 12.5. The summed E-state index contributed by atoms with van der Waals surface area (Å²) in [5, 5.41) is 6.49. The largest absolute Gasteiger partial charge is 0.332 e. The summed E-state index contributed by atoms with van der Waals surface area (Å²) >= 11 is 1.93. The topological polar surface area (TPSA) is 58.2 Å². The Morgan fingerprint density at radius 3 is 3.00 bits per heavy atom. The standard InChI is InChI=1S/C12H20N2O2S/c1-8(15)5-3-4-6-10-12(2)9(7-17-10)13-11(16)14-12/h9-10H,3-7H2,1-2H3,(H2,13,14,16)/t9-,10-,12-/m0/s1. The van der Waals surface area contributed by atoms with E-state index in [9.17, 15) is 9.59 Å². The first kappa shape index (κ1) is 12.7. The Hall–Kier alpha value is -0.710. The molecule has 0 aromatic rings. The molecule has 2 heterocycles. The van der Waals surface area contributed by atoms with Gasteiger partial charge < -0.3 is 15.4 Å². The lowest BCUT2D eigenvalue weighted by Crippen LogP contribution is -2.50. The Labute approximate surface area is 106 Å². The second-order valence-electron chi connectivity index (χ2n) is 5.20. The van der Waals surface area contributed by atoms with Crippen LogP contribution in [0.25, 0.3) is 0 Å². The number of ketones is 1. The molecule has 2 amide bonds. The predicted octanol–water partition coefficient (Wildman–Crippen LogP) is 1.69. The zero-order valence-electron chi connectivity index (χ0n) is 10.4. The van der Waals surface area contributed by atoms with Crippen LogP contribution in [-0.2, 0) is 4.79 Å². The highest BCUT2D eigenvalue weighted by molar-refractivity contribution is 8.00. The maximum atomic E-state index is 11.4. The number of thioether (sulfide) groups is 1. The van der Waals surface area contributed by atoms with Crippen molar-refractivity contribution in [2.75, 3.05) is 5.75 Å². The molecule has 3 atom stereocenters. The average molecular weight is 256 g/mol. The minimum atomic E-state index is -0.0992. The number of carbonyl (C=O) groups is 2. The van der Waals surface area contributed by atoms with E-state index in [1.54, 1.807) is 6.92 Å². The number of fused-ring (bicyclic) bond motifs is 1. The number of unbranched alkanes of at least 4 members (excludes halogenated alkanes) is 1. The molecule has 0 saturated carbocycles. The van der Waals surface area contributed by atoms with Crippen molar-refractivity contribution in [2.45, 2.75) is 56.4 Å². The predicted molar refractivity (Wildman–Crippen MR) is 69.3 cm³/mol. The molecule has 4 nitrogen and oxygen atoms in total. The van der Waals surface area contributed by atoms with Crippen LogP contribution in [0.15, 0.2) is 0 Å². The molecule has 17 heavy (non-hydrogen) atoms. The van der Waals surface area contributed by atoms with Gasteiger partial charge in [-0.25, -0.2) is 4.79 Å². The molecule has 2 aliphatic rings. The molecule has 96 valence electrons. The van der Waals surface area contributed by atoms with Crippen LogP contribution in [0.2, 0.25) is 0 Å². The SMILES string of the molecule is CC(=O)CCCC[C@@H]1SC[C@@H]2NC(=O)N[C@@]21C. The van der Waals surface area contributed by atoms with E-state index in [0.29, 0.717) is 11.7 Å². The molecule has 0 aliphatic carbocycles. The third-order valence-electron chi connectivity index (χ3n) is 3.79. The van der Waals surface area contributed by atoms with Gasteiger partial charge in [0.1, 0.15) is 5.78 Å². The van der Waals surface area contributed by atoms with Crippen molar-refractivity contribution in [1.29, 1.82) is 0 Å². The average Bonchev–Trinajstić information content (AvgIpc) is 2.66. The van der Waals surface area contributed by atoms with Crippen molar-refractivity contribution in [3.05, 3.63) is 0 Å². The van der Waals surface area contributed by atoms with Crippen molar-refractivity contribution < 1.29 is 9.59 Å². The highest BCUT2D eigenvalue weighted by Gasteiger charge is 2.52. The van der Waals surface area contributed by atoms with Gasteiger partial charge >= 0.3 is 6.03 Å². The van der Waals surface area contributed by atoms with Crippen LogP contribution >= 0.6 is 11.8 Å². The molecule has 2 rings (SSSR count). The molecular formula is C12H20N2O2S. The molecule has 0 unspecified atom stereocenters. The number of Topliss-reactive ketones (excluding diaryl/α,β-unsaturated/α-hetero) is 1. The zero-order valence-corrected chi connectivity index (χ0v) is 11.2. The van der Waals surface area contributed by atoms with Crippen molar-refractivity contribution >= 4 is 23.6 Å². The smallest absolute Gasteiger partial charge is 0.315 e. The molecule has 2 saturated heterocycles. The molecule has 0 spiro atoms. The van der Waals surface area contributed by atoms with Gasteiger partial charge in [-0.15, -0.1) is 0 Å². The summed E-state index contributed by atoms with van der Waals surface area (Å²) in [6.45, 7) is 3.77. The summed E-state index contributed by atoms with van der Waals surface area (Å²) in [7, 11) is 0. The highest BCUT2D eigenvalue weighted by atomic mass is 32.2. The van der Waals surface area contributed by atoms with E-state index in [1.807, 2.05) is 11.8 Å². The third-order valence-corrected chi connectivity index (χ3v) is 5.44. The van der Waals surface area contributed by atoms with E-state index in [-0.39, 0.29) is 23.4 Å². The molecular weight excluding hydrogens is 236 g/mol. The summed E-state index contributed by atoms with van der Waals surface area (Å²) < 4.78 is 0. The normalized spacial score (nSPS) is 35.3. The quantitative estimate of drug-likeness (QED) is 0.581. The Kier molecular flexibility index (Phi) is 3.66. The lowest BCUT2D eigenvalue weighted by atomic mass is 9.88. The fraction of sp³-hybridized carbons (Fsp3) is 0.833. The number of carbonyl (C=O) groups excluding carboxylic acids is 2. The Morgan fingerprint density at radius 1 is 1.53 bits per heavy atom. The fourth-order valence-corrected chi connectivity index (χ4v) is 4.43. The van der Waals surface area contributed by atoms with Gasteiger partial charge in [0.15, 0.2) is 0 Å². The van der Waals surface area contributed by atoms with Crippen LogP contribution in [0.3, 0.4) is 0 Å². The monoisotopic (exact) mass is 256 g/mol. The first-order chi connectivity index (χ1) is 8.02. The van der Waals surface area contributed by atoms with Crippen molar-refractivity contribution in [2.24, 2.45) is 0 Å².